The van der Waals surface area contributed by atoms with Gasteiger partial charge in [-0.2, -0.15) is 0 Å². The second-order valence-corrected chi connectivity index (χ2v) is 6.86. The summed E-state index contributed by atoms with van der Waals surface area (Å²) in [5.74, 6) is -1.19. The van der Waals surface area contributed by atoms with E-state index in [1.807, 2.05) is 13.8 Å². The van der Waals surface area contributed by atoms with E-state index in [4.69, 9.17) is 11.6 Å². The van der Waals surface area contributed by atoms with E-state index in [1.165, 1.54) is 6.20 Å². The van der Waals surface area contributed by atoms with Crippen molar-refractivity contribution < 1.29 is 14.7 Å². The Morgan fingerprint density at radius 1 is 1.52 bits per heavy atom. The van der Waals surface area contributed by atoms with Crippen LogP contribution in [0.1, 0.15) is 30.6 Å². The van der Waals surface area contributed by atoms with Crippen LogP contribution in [-0.2, 0) is 4.79 Å². The molecule has 2 heterocycles. The fraction of sp³-hybridized carbons (Fsp3) is 0.500. The SMILES string of the molecule is CC(C)C1(C(=O)O)CCN(C(=O)c2cc(Br)cnc2Cl)C1. The minimum Gasteiger partial charge on any atom is -0.481 e. The number of rotatable bonds is 3. The first-order valence-electron chi connectivity index (χ1n) is 6.61. The fourth-order valence-corrected chi connectivity index (χ4v) is 3.16. The molecular weight excluding hydrogens is 360 g/mol. The largest absolute Gasteiger partial charge is 0.481 e. The molecule has 0 aliphatic carbocycles. The molecule has 0 spiro atoms. The summed E-state index contributed by atoms with van der Waals surface area (Å²) >= 11 is 9.23. The molecule has 0 radical (unpaired) electrons. The highest BCUT2D eigenvalue weighted by Gasteiger charge is 2.48. The Hall–Kier alpha value is -1.14. The molecule has 2 rings (SSSR count). The molecule has 7 heteroatoms. The van der Waals surface area contributed by atoms with E-state index >= 15 is 0 Å². The second kappa shape index (κ2) is 5.93. The first kappa shape index (κ1) is 16.2. The highest BCUT2D eigenvalue weighted by molar-refractivity contribution is 9.10. The van der Waals surface area contributed by atoms with Gasteiger partial charge in [0.05, 0.1) is 11.0 Å². The number of carboxylic acids is 1. The second-order valence-electron chi connectivity index (χ2n) is 5.58. The van der Waals surface area contributed by atoms with Crippen LogP contribution < -0.4 is 0 Å². The van der Waals surface area contributed by atoms with Crippen molar-refractivity contribution >= 4 is 39.4 Å². The summed E-state index contributed by atoms with van der Waals surface area (Å²) < 4.78 is 0.655. The fourth-order valence-electron chi connectivity index (χ4n) is 2.64. The summed E-state index contributed by atoms with van der Waals surface area (Å²) in [5, 5.41) is 9.64. The van der Waals surface area contributed by atoms with Crippen LogP contribution in [0, 0.1) is 11.3 Å². The van der Waals surface area contributed by atoms with Gasteiger partial charge in [0.25, 0.3) is 5.91 Å². The maximum Gasteiger partial charge on any atom is 0.311 e. The Bertz CT molecular complexity index is 594. The molecule has 1 aromatic rings. The molecule has 114 valence electrons. The van der Waals surface area contributed by atoms with Crippen molar-refractivity contribution in [3.05, 3.63) is 27.5 Å². The average molecular weight is 376 g/mol. The van der Waals surface area contributed by atoms with Gasteiger partial charge in [-0.25, -0.2) is 4.98 Å². The van der Waals surface area contributed by atoms with Crippen LogP contribution in [0.3, 0.4) is 0 Å². The first-order chi connectivity index (χ1) is 9.78. The third-order valence-electron chi connectivity index (χ3n) is 4.16. The van der Waals surface area contributed by atoms with Gasteiger partial charge in [-0.3, -0.25) is 9.59 Å². The zero-order valence-corrected chi connectivity index (χ0v) is 14.1. The van der Waals surface area contributed by atoms with Crippen LogP contribution in [-0.4, -0.2) is 40.0 Å². The highest BCUT2D eigenvalue weighted by atomic mass is 79.9. The molecule has 1 aromatic heterocycles. The number of likely N-dealkylation sites (tertiary alicyclic amines) is 1. The minimum absolute atomic E-state index is 0.0519. The Balaban J connectivity index is 2.27. The maximum atomic E-state index is 12.5. The van der Waals surface area contributed by atoms with E-state index in [-0.39, 0.29) is 29.1 Å². The molecule has 1 N–H and O–H groups in total. The molecule has 0 bridgehead atoms. The number of aliphatic carboxylic acids is 1. The third-order valence-corrected chi connectivity index (χ3v) is 4.89. The van der Waals surface area contributed by atoms with Gasteiger partial charge in [0.1, 0.15) is 5.15 Å². The molecule has 1 unspecified atom stereocenters. The van der Waals surface area contributed by atoms with Gasteiger partial charge in [0.2, 0.25) is 0 Å². The number of carbonyl (C=O) groups is 2. The van der Waals surface area contributed by atoms with E-state index in [0.29, 0.717) is 17.4 Å². The molecule has 1 atom stereocenters. The lowest BCUT2D eigenvalue weighted by Gasteiger charge is -2.28. The van der Waals surface area contributed by atoms with Gasteiger partial charge in [0.15, 0.2) is 0 Å². The lowest BCUT2D eigenvalue weighted by molar-refractivity contribution is -0.150. The van der Waals surface area contributed by atoms with Gasteiger partial charge < -0.3 is 10.0 Å². The number of hydrogen-bond acceptors (Lipinski definition) is 3. The number of carboxylic acid groups (broad SMARTS) is 1. The van der Waals surface area contributed by atoms with Crippen molar-refractivity contribution in [2.24, 2.45) is 11.3 Å². The number of aromatic nitrogens is 1. The Morgan fingerprint density at radius 3 is 2.71 bits per heavy atom. The van der Waals surface area contributed by atoms with Gasteiger partial charge in [-0.1, -0.05) is 25.4 Å². The average Bonchev–Trinajstić information content (AvgIpc) is 2.87. The minimum atomic E-state index is -0.887. The molecule has 21 heavy (non-hydrogen) atoms. The molecule has 1 aliphatic heterocycles. The van der Waals surface area contributed by atoms with Gasteiger partial charge in [-0.15, -0.1) is 0 Å². The van der Waals surface area contributed by atoms with E-state index in [2.05, 4.69) is 20.9 Å². The number of carbonyl (C=O) groups excluding carboxylic acids is 1. The van der Waals surface area contributed by atoms with Crippen molar-refractivity contribution in [3.63, 3.8) is 0 Å². The van der Waals surface area contributed by atoms with Crippen LogP contribution in [0.15, 0.2) is 16.7 Å². The van der Waals surface area contributed by atoms with Crippen molar-refractivity contribution in [2.75, 3.05) is 13.1 Å². The number of halogens is 2. The summed E-state index contributed by atoms with van der Waals surface area (Å²) in [6.07, 6.45) is 1.96. The number of amides is 1. The zero-order chi connectivity index (χ0) is 15.8. The summed E-state index contributed by atoms with van der Waals surface area (Å²) in [6, 6.07) is 1.60. The topological polar surface area (TPSA) is 70.5 Å². The maximum absolute atomic E-state index is 12.5. The molecule has 1 fully saturated rings. The smallest absolute Gasteiger partial charge is 0.311 e. The quantitative estimate of drug-likeness (QED) is 0.824. The van der Waals surface area contributed by atoms with E-state index in [0.717, 1.165) is 0 Å². The van der Waals surface area contributed by atoms with Crippen LogP contribution in [0.2, 0.25) is 5.15 Å². The van der Waals surface area contributed by atoms with Crippen molar-refractivity contribution in [1.82, 2.24) is 9.88 Å². The first-order valence-corrected chi connectivity index (χ1v) is 7.79. The monoisotopic (exact) mass is 374 g/mol. The highest BCUT2D eigenvalue weighted by Crippen LogP contribution is 2.39. The van der Waals surface area contributed by atoms with Crippen LogP contribution in [0.5, 0.6) is 0 Å². The molecule has 1 saturated heterocycles. The lowest BCUT2D eigenvalue weighted by Crippen LogP contribution is -2.40. The standard InChI is InChI=1S/C14H16BrClN2O3/c1-8(2)14(13(20)21)3-4-18(7-14)12(19)10-5-9(15)6-17-11(10)16/h5-6,8H,3-4,7H2,1-2H3,(H,20,21). The van der Waals surface area contributed by atoms with Crippen molar-refractivity contribution in [2.45, 2.75) is 20.3 Å². The number of pyridine rings is 1. The van der Waals surface area contributed by atoms with Crippen LogP contribution in [0.25, 0.3) is 0 Å². The van der Waals surface area contributed by atoms with Gasteiger partial charge in [0, 0.05) is 23.8 Å². The number of hydrogen-bond donors (Lipinski definition) is 1. The van der Waals surface area contributed by atoms with Crippen LogP contribution >= 0.6 is 27.5 Å². The Morgan fingerprint density at radius 2 is 2.19 bits per heavy atom. The molecule has 1 amide bonds. The molecule has 0 aromatic carbocycles. The lowest BCUT2D eigenvalue weighted by atomic mass is 9.76. The molecule has 5 nitrogen and oxygen atoms in total. The number of nitrogens with zero attached hydrogens (tertiary/aromatic N) is 2. The van der Waals surface area contributed by atoms with Crippen molar-refractivity contribution in [1.29, 1.82) is 0 Å². The summed E-state index contributed by atoms with van der Waals surface area (Å²) in [5.41, 5.74) is -0.599. The van der Waals surface area contributed by atoms with E-state index < -0.39 is 11.4 Å². The molecule has 0 saturated carbocycles. The Labute approximate surface area is 136 Å². The van der Waals surface area contributed by atoms with E-state index in [1.54, 1.807) is 11.0 Å². The normalized spacial score (nSPS) is 21.9. The van der Waals surface area contributed by atoms with E-state index in [9.17, 15) is 14.7 Å². The Kier molecular flexibility index (Phi) is 4.58. The van der Waals surface area contributed by atoms with Crippen LogP contribution in [0.4, 0.5) is 0 Å². The van der Waals surface area contributed by atoms with Crippen molar-refractivity contribution in [3.8, 4) is 0 Å². The van der Waals surface area contributed by atoms with Gasteiger partial charge in [-0.05, 0) is 34.3 Å². The summed E-state index contributed by atoms with van der Waals surface area (Å²) in [4.78, 5) is 29.6. The summed E-state index contributed by atoms with van der Waals surface area (Å²) in [7, 11) is 0. The molecule has 1 aliphatic rings. The molecular formula is C14H16BrClN2O3. The zero-order valence-electron chi connectivity index (χ0n) is 11.8. The predicted molar refractivity (Wildman–Crippen MR) is 82.4 cm³/mol. The predicted octanol–water partition coefficient (Wildman–Crippen LogP) is 3.07. The van der Waals surface area contributed by atoms with Gasteiger partial charge >= 0.3 is 5.97 Å². The third kappa shape index (κ3) is 2.92. The summed E-state index contributed by atoms with van der Waals surface area (Å²) in [6.45, 7) is 4.35.